The van der Waals surface area contributed by atoms with Gasteiger partial charge in [-0.2, -0.15) is 0 Å². The number of hydrogen-bond donors (Lipinski definition) is 1. The van der Waals surface area contributed by atoms with Crippen molar-refractivity contribution in [3.63, 3.8) is 0 Å². The Morgan fingerprint density at radius 1 is 1.00 bits per heavy atom. The molecule has 0 aliphatic rings. The largest absolute Gasteiger partial charge is 0.372 e. The highest BCUT2D eigenvalue weighted by molar-refractivity contribution is 5.17. The molecule has 0 aliphatic heterocycles. The van der Waals surface area contributed by atoms with Gasteiger partial charge in [0.1, 0.15) is 0 Å². The molecule has 0 saturated carbocycles. The van der Waals surface area contributed by atoms with Gasteiger partial charge in [0.25, 0.3) is 0 Å². The molecule has 0 spiro atoms. The Labute approximate surface area is 124 Å². The fourth-order valence-corrected chi connectivity index (χ4v) is 2.21. The van der Waals surface area contributed by atoms with Crippen molar-refractivity contribution in [3.05, 3.63) is 35.9 Å². The first-order chi connectivity index (χ1) is 9.74. The van der Waals surface area contributed by atoms with Crippen LogP contribution in [0.1, 0.15) is 64.5 Å². The van der Waals surface area contributed by atoms with Crippen LogP contribution in [0.25, 0.3) is 0 Å². The molecular weight excluding hydrogens is 246 g/mol. The molecule has 1 rings (SSSR count). The van der Waals surface area contributed by atoms with E-state index in [0.29, 0.717) is 6.04 Å². The standard InChI is InChI=1S/C18H31NO/c1-4-5-6-7-11-14-20-18(15-19-16(2)3)17-12-9-8-10-13-17/h8-10,12-13,16,18-19H,4-7,11,14-15H2,1-3H3. The number of benzene rings is 1. The van der Waals surface area contributed by atoms with Crippen molar-refractivity contribution in [1.82, 2.24) is 5.32 Å². The van der Waals surface area contributed by atoms with E-state index < -0.39 is 0 Å². The van der Waals surface area contributed by atoms with Crippen LogP contribution in [0.2, 0.25) is 0 Å². The van der Waals surface area contributed by atoms with Crippen molar-refractivity contribution < 1.29 is 4.74 Å². The maximum atomic E-state index is 6.10. The minimum Gasteiger partial charge on any atom is -0.372 e. The average molecular weight is 277 g/mol. The minimum atomic E-state index is 0.171. The number of ether oxygens (including phenoxy) is 1. The minimum absolute atomic E-state index is 0.171. The van der Waals surface area contributed by atoms with Gasteiger partial charge < -0.3 is 10.1 Å². The van der Waals surface area contributed by atoms with Gasteiger partial charge in [0, 0.05) is 19.2 Å². The van der Waals surface area contributed by atoms with Gasteiger partial charge in [0.05, 0.1) is 6.10 Å². The highest BCUT2D eigenvalue weighted by atomic mass is 16.5. The zero-order valence-electron chi connectivity index (χ0n) is 13.4. The van der Waals surface area contributed by atoms with Crippen molar-refractivity contribution >= 4 is 0 Å². The quantitative estimate of drug-likeness (QED) is 0.591. The fourth-order valence-electron chi connectivity index (χ4n) is 2.21. The molecule has 2 nitrogen and oxygen atoms in total. The summed E-state index contributed by atoms with van der Waals surface area (Å²) < 4.78 is 6.10. The van der Waals surface area contributed by atoms with E-state index in [-0.39, 0.29) is 6.10 Å². The summed E-state index contributed by atoms with van der Waals surface area (Å²) in [6.45, 7) is 8.35. The number of hydrogen-bond acceptors (Lipinski definition) is 2. The Morgan fingerprint density at radius 3 is 2.35 bits per heavy atom. The van der Waals surface area contributed by atoms with Crippen molar-refractivity contribution in [2.24, 2.45) is 0 Å². The monoisotopic (exact) mass is 277 g/mol. The lowest BCUT2D eigenvalue weighted by Crippen LogP contribution is -2.29. The van der Waals surface area contributed by atoms with Gasteiger partial charge in [0.2, 0.25) is 0 Å². The van der Waals surface area contributed by atoms with Crippen LogP contribution in [0.15, 0.2) is 30.3 Å². The summed E-state index contributed by atoms with van der Waals surface area (Å²) in [6.07, 6.45) is 6.60. The summed E-state index contributed by atoms with van der Waals surface area (Å²) >= 11 is 0. The van der Waals surface area contributed by atoms with Gasteiger partial charge in [-0.05, 0) is 12.0 Å². The highest BCUT2D eigenvalue weighted by Gasteiger charge is 2.11. The van der Waals surface area contributed by atoms with Crippen LogP contribution in [-0.2, 0) is 4.74 Å². The molecule has 0 radical (unpaired) electrons. The van der Waals surface area contributed by atoms with Crippen LogP contribution < -0.4 is 5.32 Å². The van der Waals surface area contributed by atoms with Crippen LogP contribution in [0.5, 0.6) is 0 Å². The van der Waals surface area contributed by atoms with Crippen LogP contribution in [0.4, 0.5) is 0 Å². The average Bonchev–Trinajstić information content (AvgIpc) is 2.46. The van der Waals surface area contributed by atoms with E-state index in [4.69, 9.17) is 4.74 Å². The van der Waals surface area contributed by atoms with E-state index in [2.05, 4.69) is 56.4 Å². The second-order valence-corrected chi connectivity index (χ2v) is 5.75. The Bertz CT molecular complexity index is 323. The van der Waals surface area contributed by atoms with Crippen molar-refractivity contribution in [1.29, 1.82) is 0 Å². The molecule has 0 amide bonds. The topological polar surface area (TPSA) is 21.3 Å². The smallest absolute Gasteiger partial charge is 0.0949 e. The van der Waals surface area contributed by atoms with Crippen LogP contribution in [-0.4, -0.2) is 19.2 Å². The SMILES string of the molecule is CCCCCCCOC(CNC(C)C)c1ccccc1. The maximum Gasteiger partial charge on any atom is 0.0949 e. The van der Waals surface area contributed by atoms with E-state index in [1.165, 1.54) is 37.7 Å². The lowest BCUT2D eigenvalue weighted by atomic mass is 10.1. The summed E-state index contributed by atoms with van der Waals surface area (Å²) in [5.41, 5.74) is 1.27. The molecule has 0 aromatic heterocycles. The first kappa shape index (κ1) is 17.2. The molecule has 1 aromatic rings. The van der Waals surface area contributed by atoms with E-state index in [9.17, 15) is 0 Å². The Morgan fingerprint density at radius 2 is 1.70 bits per heavy atom. The lowest BCUT2D eigenvalue weighted by molar-refractivity contribution is 0.0485. The lowest BCUT2D eigenvalue weighted by Gasteiger charge is -2.20. The van der Waals surface area contributed by atoms with Crippen LogP contribution >= 0.6 is 0 Å². The Balaban J connectivity index is 2.35. The molecule has 0 saturated heterocycles. The van der Waals surface area contributed by atoms with Crippen molar-refractivity contribution in [2.45, 2.75) is 65.0 Å². The van der Waals surface area contributed by atoms with E-state index in [1.807, 2.05) is 0 Å². The van der Waals surface area contributed by atoms with Crippen molar-refractivity contribution in [3.8, 4) is 0 Å². The molecule has 0 heterocycles. The third-order valence-electron chi connectivity index (χ3n) is 3.45. The summed E-state index contributed by atoms with van der Waals surface area (Å²) in [7, 11) is 0. The zero-order chi connectivity index (χ0) is 14.6. The third kappa shape index (κ3) is 7.66. The van der Waals surface area contributed by atoms with E-state index >= 15 is 0 Å². The first-order valence-electron chi connectivity index (χ1n) is 8.14. The zero-order valence-corrected chi connectivity index (χ0v) is 13.4. The predicted molar refractivity (Wildman–Crippen MR) is 87.0 cm³/mol. The van der Waals surface area contributed by atoms with E-state index in [1.54, 1.807) is 0 Å². The molecule has 0 bridgehead atoms. The van der Waals surface area contributed by atoms with Crippen LogP contribution in [0.3, 0.4) is 0 Å². The van der Waals surface area contributed by atoms with Gasteiger partial charge in [-0.15, -0.1) is 0 Å². The normalized spacial score (nSPS) is 12.8. The first-order valence-corrected chi connectivity index (χ1v) is 8.14. The molecule has 114 valence electrons. The van der Waals surface area contributed by atoms with Crippen LogP contribution in [0, 0.1) is 0 Å². The second-order valence-electron chi connectivity index (χ2n) is 5.75. The van der Waals surface area contributed by atoms with Gasteiger partial charge in [-0.3, -0.25) is 0 Å². The van der Waals surface area contributed by atoms with Gasteiger partial charge in [-0.25, -0.2) is 0 Å². The summed E-state index contributed by atoms with van der Waals surface area (Å²) in [4.78, 5) is 0. The molecule has 20 heavy (non-hydrogen) atoms. The summed E-state index contributed by atoms with van der Waals surface area (Å²) in [5.74, 6) is 0. The summed E-state index contributed by atoms with van der Waals surface area (Å²) in [5, 5.41) is 3.48. The molecule has 1 N–H and O–H groups in total. The highest BCUT2D eigenvalue weighted by Crippen LogP contribution is 2.17. The molecule has 2 heteroatoms. The Hall–Kier alpha value is -0.860. The third-order valence-corrected chi connectivity index (χ3v) is 3.45. The Kier molecular flexibility index (Phi) is 9.35. The fraction of sp³-hybridized carbons (Fsp3) is 0.667. The van der Waals surface area contributed by atoms with Crippen molar-refractivity contribution in [2.75, 3.05) is 13.2 Å². The second kappa shape index (κ2) is 10.9. The van der Waals surface area contributed by atoms with Gasteiger partial charge in [-0.1, -0.05) is 76.8 Å². The van der Waals surface area contributed by atoms with Gasteiger partial charge >= 0.3 is 0 Å². The predicted octanol–water partition coefficient (Wildman–Crippen LogP) is 4.71. The molecule has 1 atom stereocenters. The number of nitrogens with one attached hydrogen (secondary N) is 1. The van der Waals surface area contributed by atoms with E-state index in [0.717, 1.165) is 13.2 Å². The molecule has 1 aromatic carbocycles. The molecule has 0 fully saturated rings. The number of unbranched alkanes of at least 4 members (excludes halogenated alkanes) is 4. The van der Waals surface area contributed by atoms with Gasteiger partial charge in [0.15, 0.2) is 0 Å². The molecule has 0 aliphatic carbocycles. The maximum absolute atomic E-state index is 6.10. The molecule has 1 unspecified atom stereocenters. The summed E-state index contributed by atoms with van der Waals surface area (Å²) in [6, 6.07) is 11.0. The molecular formula is C18H31NO. The number of rotatable bonds is 11.